The smallest absolute Gasteiger partial charge is 0.416 e. The highest BCUT2D eigenvalue weighted by atomic mass is 32.1. The first-order valence-electron chi connectivity index (χ1n) is 7.56. The number of furan rings is 1. The second-order valence-electron chi connectivity index (χ2n) is 5.65. The van der Waals surface area contributed by atoms with Gasteiger partial charge in [-0.05, 0) is 37.3 Å². The number of rotatable bonds is 2. The summed E-state index contributed by atoms with van der Waals surface area (Å²) in [6.45, 7) is 1.79. The van der Waals surface area contributed by atoms with Crippen LogP contribution in [0.3, 0.4) is 0 Å². The summed E-state index contributed by atoms with van der Waals surface area (Å²) in [7, 11) is 0. The molecule has 0 aliphatic rings. The maximum Gasteiger partial charge on any atom is 0.416 e. The van der Waals surface area contributed by atoms with Crippen LogP contribution in [0.2, 0.25) is 0 Å². The second-order valence-corrected chi connectivity index (χ2v) is 6.68. The zero-order chi connectivity index (χ0) is 17.6. The summed E-state index contributed by atoms with van der Waals surface area (Å²) in [6.07, 6.45) is -4.38. The second kappa shape index (κ2) is 5.74. The Morgan fingerprint density at radius 3 is 2.56 bits per heavy atom. The van der Waals surface area contributed by atoms with E-state index in [-0.39, 0.29) is 0 Å². The lowest BCUT2D eigenvalue weighted by atomic mass is 10.1. The lowest BCUT2D eigenvalue weighted by Gasteiger charge is -2.07. The van der Waals surface area contributed by atoms with Crippen molar-refractivity contribution in [1.82, 2.24) is 4.98 Å². The number of alkyl halides is 3. The van der Waals surface area contributed by atoms with Crippen molar-refractivity contribution in [1.29, 1.82) is 0 Å². The molecule has 25 heavy (non-hydrogen) atoms. The fraction of sp³-hybridized carbons (Fsp3) is 0.105. The van der Waals surface area contributed by atoms with Crippen LogP contribution in [0.15, 0.2) is 59.0 Å². The van der Waals surface area contributed by atoms with Gasteiger partial charge >= 0.3 is 6.18 Å². The van der Waals surface area contributed by atoms with E-state index in [1.54, 1.807) is 19.1 Å². The zero-order valence-corrected chi connectivity index (χ0v) is 13.9. The van der Waals surface area contributed by atoms with Crippen molar-refractivity contribution in [2.45, 2.75) is 13.1 Å². The Bertz CT molecular complexity index is 1030. The highest BCUT2D eigenvalue weighted by molar-refractivity contribution is 7.21. The molecule has 6 heteroatoms. The van der Waals surface area contributed by atoms with Crippen LogP contribution < -0.4 is 0 Å². The van der Waals surface area contributed by atoms with Gasteiger partial charge in [0, 0.05) is 5.56 Å². The summed E-state index contributed by atoms with van der Waals surface area (Å²) in [5, 5.41) is 0.792. The monoisotopic (exact) mass is 359 g/mol. The summed E-state index contributed by atoms with van der Waals surface area (Å²) < 4.78 is 45.5. The molecule has 2 aromatic carbocycles. The van der Waals surface area contributed by atoms with Gasteiger partial charge in [-0.25, -0.2) is 4.98 Å². The van der Waals surface area contributed by atoms with Crippen LogP contribution in [0, 0.1) is 6.92 Å². The van der Waals surface area contributed by atoms with Crippen LogP contribution in [-0.4, -0.2) is 4.98 Å². The highest BCUT2D eigenvalue weighted by Crippen LogP contribution is 2.38. The van der Waals surface area contributed by atoms with E-state index in [9.17, 15) is 13.2 Å². The van der Waals surface area contributed by atoms with Gasteiger partial charge in [0.15, 0.2) is 0 Å². The number of hydrogen-bond donors (Lipinski definition) is 0. The molecule has 126 valence electrons. The molecule has 0 atom stereocenters. The van der Waals surface area contributed by atoms with Gasteiger partial charge in [-0.3, -0.25) is 0 Å². The minimum atomic E-state index is -4.38. The van der Waals surface area contributed by atoms with Crippen molar-refractivity contribution in [3.63, 3.8) is 0 Å². The number of aryl methyl sites for hydroxylation is 1. The number of benzene rings is 2. The lowest BCUT2D eigenvalue weighted by molar-refractivity contribution is -0.137. The van der Waals surface area contributed by atoms with Crippen molar-refractivity contribution in [3.8, 4) is 21.9 Å². The van der Waals surface area contributed by atoms with E-state index < -0.39 is 11.7 Å². The molecule has 0 bridgehead atoms. The minimum Gasteiger partial charge on any atom is -0.461 e. The zero-order valence-electron chi connectivity index (χ0n) is 13.1. The molecule has 2 aromatic heterocycles. The Balaban J connectivity index is 1.78. The first-order valence-corrected chi connectivity index (χ1v) is 8.37. The molecule has 0 saturated carbocycles. The van der Waals surface area contributed by atoms with Gasteiger partial charge < -0.3 is 4.42 Å². The van der Waals surface area contributed by atoms with E-state index in [2.05, 4.69) is 4.98 Å². The number of hydrogen-bond acceptors (Lipinski definition) is 3. The Labute approximate surface area is 145 Å². The summed E-state index contributed by atoms with van der Waals surface area (Å²) in [6, 6.07) is 14.7. The molecule has 4 rings (SSSR count). The van der Waals surface area contributed by atoms with Crippen LogP contribution in [0.1, 0.15) is 11.3 Å². The van der Waals surface area contributed by atoms with Crippen molar-refractivity contribution >= 4 is 21.6 Å². The first kappa shape index (κ1) is 15.9. The van der Waals surface area contributed by atoms with E-state index in [0.29, 0.717) is 17.1 Å². The molecule has 0 spiro atoms. The van der Waals surface area contributed by atoms with Gasteiger partial charge in [0.05, 0.1) is 21.3 Å². The van der Waals surface area contributed by atoms with E-state index >= 15 is 0 Å². The minimum absolute atomic E-state index is 0.394. The predicted octanol–water partition coefficient (Wildman–Crippen LogP) is 6.55. The first-order chi connectivity index (χ1) is 11.9. The number of para-hydroxylation sites is 1. The van der Waals surface area contributed by atoms with Gasteiger partial charge in [-0.1, -0.05) is 24.3 Å². The third-order valence-corrected chi connectivity index (χ3v) is 4.99. The molecule has 0 aliphatic heterocycles. The molecule has 2 nitrogen and oxygen atoms in total. The number of nitrogens with zero attached hydrogens (tertiary/aromatic N) is 1. The lowest BCUT2D eigenvalue weighted by Crippen LogP contribution is -2.04. The molecular weight excluding hydrogens is 347 g/mol. The van der Waals surface area contributed by atoms with Crippen LogP contribution in [-0.2, 0) is 6.18 Å². The van der Waals surface area contributed by atoms with Gasteiger partial charge in [-0.15, -0.1) is 11.3 Å². The van der Waals surface area contributed by atoms with Crippen LogP contribution in [0.25, 0.3) is 32.1 Å². The van der Waals surface area contributed by atoms with Gasteiger partial charge in [-0.2, -0.15) is 13.2 Å². The summed E-state index contributed by atoms with van der Waals surface area (Å²) in [5.74, 6) is 1.03. The molecule has 0 N–H and O–H groups in total. The van der Waals surface area contributed by atoms with Gasteiger partial charge in [0.2, 0.25) is 0 Å². The maximum absolute atomic E-state index is 12.9. The highest BCUT2D eigenvalue weighted by Gasteiger charge is 2.30. The van der Waals surface area contributed by atoms with Crippen LogP contribution in [0.4, 0.5) is 13.2 Å². The van der Waals surface area contributed by atoms with Gasteiger partial charge in [0.1, 0.15) is 16.5 Å². The average molecular weight is 359 g/mol. The molecule has 0 aliphatic carbocycles. The molecule has 0 radical (unpaired) electrons. The molecule has 2 heterocycles. The average Bonchev–Trinajstić information content (AvgIpc) is 3.17. The summed E-state index contributed by atoms with van der Waals surface area (Å²) >= 11 is 1.53. The fourth-order valence-electron chi connectivity index (χ4n) is 2.67. The topological polar surface area (TPSA) is 26.0 Å². The molecule has 0 fully saturated rings. The van der Waals surface area contributed by atoms with E-state index in [4.69, 9.17) is 4.42 Å². The molecular formula is C19H12F3NOS. The SMILES string of the molecule is Cc1oc(-c2cccc(C(F)(F)F)c2)cc1-c1nc2ccccc2s1. The quantitative estimate of drug-likeness (QED) is 0.405. The number of aromatic nitrogens is 1. The Kier molecular flexibility index (Phi) is 3.65. The fourth-order valence-corrected chi connectivity index (χ4v) is 3.70. The van der Waals surface area contributed by atoms with E-state index in [1.807, 2.05) is 24.3 Å². The molecule has 0 unspecified atom stereocenters. The van der Waals surface area contributed by atoms with Crippen molar-refractivity contribution < 1.29 is 17.6 Å². The predicted molar refractivity (Wildman–Crippen MR) is 92.5 cm³/mol. The largest absolute Gasteiger partial charge is 0.461 e. The van der Waals surface area contributed by atoms with Gasteiger partial charge in [0.25, 0.3) is 0 Å². The van der Waals surface area contributed by atoms with E-state index in [1.165, 1.54) is 17.4 Å². The third kappa shape index (κ3) is 2.93. The maximum atomic E-state index is 12.9. The van der Waals surface area contributed by atoms with Crippen molar-refractivity contribution in [3.05, 3.63) is 65.9 Å². The number of fused-ring (bicyclic) bond motifs is 1. The summed E-state index contributed by atoms with van der Waals surface area (Å²) in [4.78, 5) is 4.59. The van der Waals surface area contributed by atoms with Crippen LogP contribution >= 0.6 is 11.3 Å². The third-order valence-electron chi connectivity index (χ3n) is 3.92. The number of halogens is 3. The Morgan fingerprint density at radius 2 is 1.80 bits per heavy atom. The normalized spacial score (nSPS) is 12.0. The molecule has 0 saturated heterocycles. The van der Waals surface area contributed by atoms with Crippen molar-refractivity contribution in [2.75, 3.05) is 0 Å². The number of thiazole rings is 1. The Morgan fingerprint density at radius 1 is 1.00 bits per heavy atom. The Hall–Kier alpha value is -2.60. The molecule has 0 amide bonds. The van der Waals surface area contributed by atoms with E-state index in [0.717, 1.165) is 32.9 Å². The van der Waals surface area contributed by atoms with Crippen LogP contribution in [0.5, 0.6) is 0 Å². The summed E-state index contributed by atoms with van der Waals surface area (Å²) in [5.41, 5.74) is 1.39. The standard InChI is InChI=1S/C19H12F3NOS/c1-11-14(18-23-15-7-2-3-8-17(15)25-18)10-16(24-11)12-5-4-6-13(9-12)19(20,21)22/h2-10H,1H3. The molecule has 4 aromatic rings. The van der Waals surface area contributed by atoms with Crippen molar-refractivity contribution in [2.24, 2.45) is 0 Å².